The summed E-state index contributed by atoms with van der Waals surface area (Å²) >= 11 is 8.49. The number of anilines is 1. The molecule has 7 nitrogen and oxygen atoms in total. The summed E-state index contributed by atoms with van der Waals surface area (Å²) < 4.78 is 43.2. The van der Waals surface area contributed by atoms with Gasteiger partial charge < -0.3 is 20.7 Å². The first kappa shape index (κ1) is 27.6. The molecule has 1 heterocycles. The number of hydrazone groups is 1. The van der Waals surface area contributed by atoms with Crippen LogP contribution in [0.4, 0.5) is 18.9 Å². The molecule has 0 spiro atoms. The molecule has 2 aromatic rings. The van der Waals surface area contributed by atoms with E-state index in [1.165, 1.54) is 12.1 Å². The average molecular weight is 608 g/mol. The van der Waals surface area contributed by atoms with Gasteiger partial charge in [0.05, 0.1) is 11.4 Å². The molecule has 1 fully saturated rings. The normalized spacial score (nSPS) is 17.1. The second-order valence-corrected chi connectivity index (χ2v) is 9.89. The van der Waals surface area contributed by atoms with Gasteiger partial charge in [0.25, 0.3) is 5.91 Å². The molecule has 12 heteroatoms. The third kappa shape index (κ3) is 8.06. The standard InChI is InChI=1S/C26H25BrF3N5O2S/c27-18-8-13-21(22(16-18)37-26(28,29)30)32-25(38)33-23(17-6-2-1-3-7-17)24(36)31-19-9-11-20(12-10-19)34-35-14-4-5-15-35/h1-3,6-11,13,16,23H,4-5,12,14-15H2,(H,31,36)(H2,32,33,38)/t23-/m0/s1. The average Bonchev–Trinajstić information content (AvgIpc) is 3.38. The molecule has 2 aliphatic rings. The predicted octanol–water partition coefficient (Wildman–Crippen LogP) is 5.79. The summed E-state index contributed by atoms with van der Waals surface area (Å²) in [5.41, 5.74) is 2.14. The van der Waals surface area contributed by atoms with Crippen LogP contribution in [0.25, 0.3) is 0 Å². The van der Waals surface area contributed by atoms with Crippen LogP contribution >= 0.6 is 28.1 Å². The van der Waals surface area contributed by atoms with Crippen molar-refractivity contribution in [2.75, 3.05) is 18.4 Å². The van der Waals surface area contributed by atoms with Gasteiger partial charge >= 0.3 is 6.36 Å². The minimum Gasteiger partial charge on any atom is -0.404 e. The first-order valence-electron chi connectivity index (χ1n) is 11.9. The fourth-order valence-corrected chi connectivity index (χ4v) is 4.51. The maximum absolute atomic E-state index is 13.3. The van der Waals surface area contributed by atoms with E-state index in [0.29, 0.717) is 22.2 Å². The number of amides is 1. The number of ether oxygens (including phenoxy) is 1. The predicted molar refractivity (Wildman–Crippen MR) is 148 cm³/mol. The van der Waals surface area contributed by atoms with Gasteiger partial charge in [0.1, 0.15) is 6.04 Å². The molecule has 2 aromatic carbocycles. The highest BCUT2D eigenvalue weighted by molar-refractivity contribution is 9.10. The van der Waals surface area contributed by atoms with Crippen LogP contribution in [-0.2, 0) is 4.79 Å². The van der Waals surface area contributed by atoms with Crippen molar-refractivity contribution in [1.82, 2.24) is 15.6 Å². The number of nitrogens with zero attached hydrogens (tertiary/aromatic N) is 2. The molecule has 1 amide bonds. The molecule has 0 aromatic heterocycles. The summed E-state index contributed by atoms with van der Waals surface area (Å²) in [5.74, 6) is -0.862. The van der Waals surface area contributed by atoms with E-state index >= 15 is 0 Å². The number of allylic oxidation sites excluding steroid dienone is 3. The van der Waals surface area contributed by atoms with E-state index in [1.54, 1.807) is 36.4 Å². The van der Waals surface area contributed by atoms with Gasteiger partial charge in [-0.3, -0.25) is 9.80 Å². The van der Waals surface area contributed by atoms with Gasteiger partial charge in [0, 0.05) is 29.7 Å². The molecular formula is C26H25BrF3N5O2S. The lowest BCUT2D eigenvalue weighted by molar-refractivity contribution is -0.274. The number of benzene rings is 2. The molecule has 0 unspecified atom stereocenters. The highest BCUT2D eigenvalue weighted by Gasteiger charge is 2.32. The van der Waals surface area contributed by atoms with E-state index in [4.69, 9.17) is 12.2 Å². The van der Waals surface area contributed by atoms with Crippen LogP contribution in [0.3, 0.4) is 0 Å². The van der Waals surface area contributed by atoms with Crippen LogP contribution in [-0.4, -0.2) is 41.2 Å². The fraction of sp³-hybridized carbons (Fsp3) is 0.269. The minimum atomic E-state index is -4.89. The second kappa shape index (κ2) is 12.4. The topological polar surface area (TPSA) is 78.0 Å². The number of rotatable bonds is 7. The van der Waals surface area contributed by atoms with Crippen molar-refractivity contribution in [3.8, 4) is 5.75 Å². The quantitative estimate of drug-likeness (QED) is 0.346. The van der Waals surface area contributed by atoms with Crippen molar-refractivity contribution < 1.29 is 22.7 Å². The number of carbonyl (C=O) groups is 1. The van der Waals surface area contributed by atoms with E-state index in [1.807, 2.05) is 18.2 Å². The SMILES string of the molecule is O=C(NC1=CCC(=NN2CCCC2)C=C1)[C@@H](NC(=S)Nc1ccc(Br)cc1OC(F)(F)F)c1ccccc1. The van der Waals surface area contributed by atoms with Gasteiger partial charge in [-0.15, -0.1) is 13.2 Å². The van der Waals surface area contributed by atoms with Crippen LogP contribution in [0.2, 0.25) is 0 Å². The maximum atomic E-state index is 13.3. The molecule has 0 radical (unpaired) electrons. The van der Waals surface area contributed by atoms with Gasteiger partial charge in [-0.1, -0.05) is 52.3 Å². The smallest absolute Gasteiger partial charge is 0.404 e. The van der Waals surface area contributed by atoms with Gasteiger partial charge in [0.15, 0.2) is 10.9 Å². The lowest BCUT2D eigenvalue weighted by atomic mass is 10.1. The molecule has 200 valence electrons. The Morgan fingerprint density at radius 2 is 1.82 bits per heavy atom. The third-order valence-corrected chi connectivity index (χ3v) is 6.41. The van der Waals surface area contributed by atoms with E-state index in [2.05, 4.69) is 46.7 Å². The zero-order chi connectivity index (χ0) is 27.1. The Morgan fingerprint density at radius 1 is 1.08 bits per heavy atom. The zero-order valence-corrected chi connectivity index (χ0v) is 22.5. The van der Waals surface area contributed by atoms with E-state index < -0.39 is 24.1 Å². The number of nitrogens with one attached hydrogen (secondary N) is 3. The number of hydrogen-bond acceptors (Lipinski definition) is 5. The van der Waals surface area contributed by atoms with Crippen LogP contribution in [0.1, 0.15) is 30.9 Å². The highest BCUT2D eigenvalue weighted by atomic mass is 79.9. The van der Waals surface area contributed by atoms with Crippen molar-refractivity contribution in [2.45, 2.75) is 31.7 Å². The van der Waals surface area contributed by atoms with Crippen LogP contribution in [0, 0.1) is 0 Å². The molecular weight excluding hydrogens is 583 g/mol. The molecule has 38 heavy (non-hydrogen) atoms. The molecule has 3 N–H and O–H groups in total. The molecule has 1 aliphatic carbocycles. The van der Waals surface area contributed by atoms with Crippen molar-refractivity contribution in [1.29, 1.82) is 0 Å². The number of carbonyl (C=O) groups excluding carboxylic acids is 1. The van der Waals surface area contributed by atoms with E-state index in [0.717, 1.165) is 31.6 Å². The summed E-state index contributed by atoms with van der Waals surface area (Å²) in [5, 5.41) is 15.1. The van der Waals surface area contributed by atoms with Gasteiger partial charge in [-0.05, 0) is 61.0 Å². The molecule has 0 bridgehead atoms. The van der Waals surface area contributed by atoms with Crippen molar-refractivity contribution in [3.63, 3.8) is 0 Å². The van der Waals surface area contributed by atoms with Gasteiger partial charge in [-0.2, -0.15) is 5.10 Å². The van der Waals surface area contributed by atoms with Gasteiger partial charge in [-0.25, -0.2) is 0 Å². The van der Waals surface area contributed by atoms with E-state index in [9.17, 15) is 18.0 Å². The lowest BCUT2D eigenvalue weighted by Gasteiger charge is -2.23. The monoisotopic (exact) mass is 607 g/mol. The Hall–Kier alpha value is -3.38. The zero-order valence-electron chi connectivity index (χ0n) is 20.1. The van der Waals surface area contributed by atoms with Crippen molar-refractivity contribution in [3.05, 3.63) is 82.5 Å². The molecule has 1 saturated heterocycles. The van der Waals surface area contributed by atoms with Crippen LogP contribution in [0.5, 0.6) is 5.75 Å². The Labute approximate surface area is 231 Å². The largest absolute Gasteiger partial charge is 0.573 e. The number of halogens is 4. The first-order chi connectivity index (χ1) is 18.2. The molecule has 4 rings (SSSR count). The Bertz CT molecular complexity index is 1260. The van der Waals surface area contributed by atoms with Crippen molar-refractivity contribution in [2.24, 2.45) is 5.10 Å². The molecule has 1 atom stereocenters. The molecule has 1 aliphatic heterocycles. The van der Waals surface area contributed by atoms with Crippen LogP contribution < -0.4 is 20.7 Å². The minimum absolute atomic E-state index is 0.0158. The molecule has 0 saturated carbocycles. The summed E-state index contributed by atoms with van der Waals surface area (Å²) in [7, 11) is 0. The summed E-state index contributed by atoms with van der Waals surface area (Å²) in [6, 6.07) is 12.0. The fourth-order valence-electron chi connectivity index (χ4n) is 3.94. The Kier molecular flexibility index (Phi) is 9.05. The lowest BCUT2D eigenvalue weighted by Crippen LogP contribution is -2.41. The number of alkyl halides is 3. The summed E-state index contributed by atoms with van der Waals surface area (Å²) in [6.45, 7) is 1.90. The number of hydrogen-bond donors (Lipinski definition) is 3. The van der Waals surface area contributed by atoms with Crippen LogP contribution in [0.15, 0.2) is 82.0 Å². The van der Waals surface area contributed by atoms with Crippen molar-refractivity contribution >= 4 is 50.6 Å². The van der Waals surface area contributed by atoms with Gasteiger partial charge in [0.2, 0.25) is 0 Å². The Morgan fingerprint density at radius 3 is 2.47 bits per heavy atom. The maximum Gasteiger partial charge on any atom is 0.573 e. The van der Waals surface area contributed by atoms with E-state index in [-0.39, 0.29) is 10.8 Å². The number of thiocarbonyl (C=S) groups is 1. The summed E-state index contributed by atoms with van der Waals surface area (Å²) in [6.07, 6.45) is 3.52. The second-order valence-electron chi connectivity index (χ2n) is 8.57. The highest BCUT2D eigenvalue weighted by Crippen LogP contribution is 2.33. The first-order valence-corrected chi connectivity index (χ1v) is 13.1. The Balaban J connectivity index is 1.45. The summed E-state index contributed by atoms with van der Waals surface area (Å²) in [4.78, 5) is 13.3. The third-order valence-electron chi connectivity index (χ3n) is 5.69.